The minimum absolute atomic E-state index is 0.435. The summed E-state index contributed by atoms with van der Waals surface area (Å²) in [6, 6.07) is 8.16. The van der Waals surface area contributed by atoms with Crippen molar-refractivity contribution in [2.24, 2.45) is 5.73 Å². The van der Waals surface area contributed by atoms with E-state index in [0.717, 1.165) is 23.0 Å². The molecule has 86 valence electrons. The van der Waals surface area contributed by atoms with Gasteiger partial charge in [-0.3, -0.25) is 0 Å². The van der Waals surface area contributed by atoms with Gasteiger partial charge in [-0.1, -0.05) is 18.2 Å². The standard InChI is InChI=1S/C13H18N2O/c1-9-4-2-5-10-8-11(15-13(9)10)12(16)6-3-7-14/h2,4-5,8,12,15-16H,3,6-7,14H2,1H3. The van der Waals surface area contributed by atoms with Crippen LogP contribution in [-0.4, -0.2) is 16.6 Å². The minimum Gasteiger partial charge on any atom is -0.387 e. The first-order valence-electron chi connectivity index (χ1n) is 5.68. The number of aryl methyl sites for hydroxylation is 1. The molecule has 2 aromatic rings. The van der Waals surface area contributed by atoms with Crippen molar-refractivity contribution in [3.05, 3.63) is 35.5 Å². The summed E-state index contributed by atoms with van der Waals surface area (Å²) >= 11 is 0. The number of hydrogen-bond acceptors (Lipinski definition) is 2. The highest BCUT2D eigenvalue weighted by molar-refractivity contribution is 5.83. The second-order valence-corrected chi connectivity index (χ2v) is 4.21. The summed E-state index contributed by atoms with van der Waals surface area (Å²) in [6.45, 7) is 2.69. The van der Waals surface area contributed by atoms with Crippen molar-refractivity contribution < 1.29 is 5.11 Å². The molecule has 0 aliphatic heterocycles. The first kappa shape index (κ1) is 11.2. The van der Waals surface area contributed by atoms with Gasteiger partial charge < -0.3 is 15.8 Å². The van der Waals surface area contributed by atoms with Crippen LogP contribution >= 0.6 is 0 Å². The lowest BCUT2D eigenvalue weighted by Crippen LogP contribution is -2.03. The number of nitrogens with one attached hydrogen (secondary N) is 1. The van der Waals surface area contributed by atoms with Crippen LogP contribution in [0.1, 0.15) is 30.2 Å². The SMILES string of the molecule is Cc1cccc2cc(C(O)CCCN)[nH]c12. The molecule has 3 nitrogen and oxygen atoms in total. The van der Waals surface area contributed by atoms with Crippen LogP contribution in [0.4, 0.5) is 0 Å². The molecule has 0 saturated carbocycles. The maximum Gasteiger partial charge on any atom is 0.0938 e. The van der Waals surface area contributed by atoms with Gasteiger partial charge >= 0.3 is 0 Å². The van der Waals surface area contributed by atoms with E-state index in [2.05, 4.69) is 24.0 Å². The van der Waals surface area contributed by atoms with Gasteiger partial charge in [-0.05, 0) is 37.9 Å². The highest BCUT2D eigenvalue weighted by atomic mass is 16.3. The van der Waals surface area contributed by atoms with E-state index in [1.165, 1.54) is 5.56 Å². The molecule has 2 rings (SSSR count). The second-order valence-electron chi connectivity index (χ2n) is 4.21. The Morgan fingerprint density at radius 2 is 2.25 bits per heavy atom. The third-order valence-corrected chi connectivity index (χ3v) is 2.93. The van der Waals surface area contributed by atoms with Gasteiger partial charge in [0.05, 0.1) is 6.10 Å². The lowest BCUT2D eigenvalue weighted by molar-refractivity contribution is 0.161. The quantitative estimate of drug-likeness (QED) is 0.737. The number of benzene rings is 1. The average Bonchev–Trinajstić information content (AvgIpc) is 2.71. The van der Waals surface area contributed by atoms with Gasteiger partial charge in [0.1, 0.15) is 0 Å². The van der Waals surface area contributed by atoms with Crippen molar-refractivity contribution in [1.82, 2.24) is 4.98 Å². The maximum atomic E-state index is 9.96. The fraction of sp³-hybridized carbons (Fsp3) is 0.385. The van der Waals surface area contributed by atoms with Crippen molar-refractivity contribution in [2.45, 2.75) is 25.9 Å². The third-order valence-electron chi connectivity index (χ3n) is 2.93. The van der Waals surface area contributed by atoms with Gasteiger partial charge in [0.15, 0.2) is 0 Å². The largest absolute Gasteiger partial charge is 0.387 e. The van der Waals surface area contributed by atoms with Crippen LogP contribution < -0.4 is 5.73 Å². The van der Waals surface area contributed by atoms with Crippen molar-refractivity contribution in [3.8, 4) is 0 Å². The molecule has 16 heavy (non-hydrogen) atoms. The number of hydrogen-bond donors (Lipinski definition) is 3. The molecule has 1 atom stereocenters. The summed E-state index contributed by atoms with van der Waals surface area (Å²) in [6.07, 6.45) is 1.12. The Balaban J connectivity index is 2.29. The summed E-state index contributed by atoms with van der Waals surface area (Å²) in [5, 5.41) is 11.1. The van der Waals surface area contributed by atoms with E-state index in [4.69, 9.17) is 5.73 Å². The third kappa shape index (κ3) is 2.10. The van der Waals surface area contributed by atoms with Crippen LogP contribution in [0.3, 0.4) is 0 Å². The first-order valence-corrected chi connectivity index (χ1v) is 5.68. The molecular formula is C13H18N2O. The van der Waals surface area contributed by atoms with E-state index in [-0.39, 0.29) is 0 Å². The van der Waals surface area contributed by atoms with E-state index in [1.54, 1.807) is 0 Å². The summed E-state index contributed by atoms with van der Waals surface area (Å²) in [5.41, 5.74) is 8.64. The van der Waals surface area contributed by atoms with Crippen LogP contribution in [0.25, 0.3) is 10.9 Å². The lowest BCUT2D eigenvalue weighted by Gasteiger charge is -2.06. The Bertz CT molecular complexity index is 476. The first-order chi connectivity index (χ1) is 7.72. The molecule has 0 aliphatic rings. The Morgan fingerprint density at radius 3 is 2.94 bits per heavy atom. The number of aliphatic hydroxyl groups is 1. The Morgan fingerprint density at radius 1 is 1.44 bits per heavy atom. The van der Waals surface area contributed by atoms with E-state index >= 15 is 0 Å². The molecule has 3 heteroatoms. The zero-order valence-electron chi connectivity index (χ0n) is 9.53. The minimum atomic E-state index is -0.435. The Hall–Kier alpha value is -1.32. The second kappa shape index (κ2) is 4.68. The number of rotatable bonds is 4. The molecule has 0 spiro atoms. The summed E-state index contributed by atoms with van der Waals surface area (Å²) in [4.78, 5) is 3.28. The lowest BCUT2D eigenvalue weighted by atomic mass is 10.1. The average molecular weight is 218 g/mol. The molecule has 1 aromatic heterocycles. The predicted molar refractivity (Wildman–Crippen MR) is 66.3 cm³/mol. The maximum absolute atomic E-state index is 9.96. The summed E-state index contributed by atoms with van der Waals surface area (Å²) in [7, 11) is 0. The molecule has 1 aromatic carbocycles. The molecule has 4 N–H and O–H groups in total. The van der Waals surface area contributed by atoms with Gasteiger partial charge in [0.2, 0.25) is 0 Å². The number of fused-ring (bicyclic) bond motifs is 1. The molecule has 0 bridgehead atoms. The zero-order chi connectivity index (χ0) is 11.5. The monoisotopic (exact) mass is 218 g/mol. The van der Waals surface area contributed by atoms with Crippen LogP contribution in [0.5, 0.6) is 0 Å². The number of aromatic nitrogens is 1. The number of H-pyrrole nitrogens is 1. The fourth-order valence-electron chi connectivity index (χ4n) is 1.98. The smallest absolute Gasteiger partial charge is 0.0938 e. The van der Waals surface area contributed by atoms with E-state index < -0.39 is 6.10 Å². The van der Waals surface area contributed by atoms with Crippen molar-refractivity contribution in [3.63, 3.8) is 0 Å². The fourth-order valence-corrected chi connectivity index (χ4v) is 1.98. The summed E-state index contributed by atoms with van der Waals surface area (Å²) < 4.78 is 0. The van der Waals surface area contributed by atoms with Crippen LogP contribution in [0.2, 0.25) is 0 Å². The number of aromatic amines is 1. The number of nitrogens with two attached hydrogens (primary N) is 1. The van der Waals surface area contributed by atoms with Gasteiger partial charge in [-0.15, -0.1) is 0 Å². The molecule has 0 saturated heterocycles. The molecule has 0 amide bonds. The normalized spacial score (nSPS) is 13.2. The zero-order valence-corrected chi connectivity index (χ0v) is 9.53. The molecule has 0 fully saturated rings. The molecular weight excluding hydrogens is 200 g/mol. The van der Waals surface area contributed by atoms with Crippen molar-refractivity contribution in [2.75, 3.05) is 6.54 Å². The van der Waals surface area contributed by atoms with Gasteiger partial charge in [0.25, 0.3) is 0 Å². The van der Waals surface area contributed by atoms with E-state index in [9.17, 15) is 5.11 Å². The van der Waals surface area contributed by atoms with Crippen molar-refractivity contribution >= 4 is 10.9 Å². The van der Waals surface area contributed by atoms with E-state index in [1.807, 2.05) is 12.1 Å². The highest BCUT2D eigenvalue weighted by Crippen LogP contribution is 2.24. The van der Waals surface area contributed by atoms with Crippen LogP contribution in [0, 0.1) is 6.92 Å². The van der Waals surface area contributed by atoms with Crippen LogP contribution in [0.15, 0.2) is 24.3 Å². The van der Waals surface area contributed by atoms with Gasteiger partial charge in [-0.25, -0.2) is 0 Å². The summed E-state index contributed by atoms with van der Waals surface area (Å²) in [5.74, 6) is 0. The van der Waals surface area contributed by atoms with Gasteiger partial charge in [0, 0.05) is 16.6 Å². The molecule has 0 radical (unpaired) electrons. The Labute approximate surface area is 95.3 Å². The molecule has 1 heterocycles. The number of para-hydroxylation sites is 1. The van der Waals surface area contributed by atoms with Crippen molar-refractivity contribution in [1.29, 1.82) is 0 Å². The Kier molecular flexibility index (Phi) is 3.27. The highest BCUT2D eigenvalue weighted by Gasteiger charge is 2.10. The van der Waals surface area contributed by atoms with Gasteiger partial charge in [-0.2, -0.15) is 0 Å². The number of aliphatic hydroxyl groups excluding tert-OH is 1. The molecule has 0 aliphatic carbocycles. The topological polar surface area (TPSA) is 62.0 Å². The predicted octanol–water partition coefficient (Wildman–Crippen LogP) is 2.25. The van der Waals surface area contributed by atoms with Crippen LogP contribution in [-0.2, 0) is 0 Å². The molecule has 1 unspecified atom stereocenters. The van der Waals surface area contributed by atoms with E-state index in [0.29, 0.717) is 13.0 Å².